The van der Waals surface area contributed by atoms with Crippen LogP contribution in [0.15, 0.2) is 24.3 Å². The van der Waals surface area contributed by atoms with Crippen LogP contribution in [0.5, 0.6) is 5.75 Å². The van der Waals surface area contributed by atoms with Crippen LogP contribution in [0.2, 0.25) is 5.02 Å². The lowest BCUT2D eigenvalue weighted by Gasteiger charge is -2.35. The number of fused-ring (bicyclic) bond motifs is 1. The van der Waals surface area contributed by atoms with E-state index in [1.165, 1.54) is 12.1 Å². The predicted molar refractivity (Wildman–Crippen MR) is 201 cm³/mol. The third kappa shape index (κ3) is 11.2. The van der Waals surface area contributed by atoms with Crippen LogP contribution in [0.1, 0.15) is 98.6 Å². The number of nitrogens with one attached hydrogen (secondary N) is 1. The van der Waals surface area contributed by atoms with Crippen molar-refractivity contribution in [3.05, 3.63) is 35.0 Å². The summed E-state index contributed by atoms with van der Waals surface area (Å²) in [5, 5.41) is 0.437. The molecule has 2 amide bonds. The van der Waals surface area contributed by atoms with Gasteiger partial charge in [-0.3, -0.25) is 28.3 Å². The van der Waals surface area contributed by atoms with Crippen LogP contribution in [0, 0.1) is 22.7 Å². The smallest absolute Gasteiger partial charge is 0.427 e. The molecule has 2 saturated carbocycles. The molecule has 1 aromatic carbocycles. The van der Waals surface area contributed by atoms with Crippen LogP contribution in [-0.4, -0.2) is 84.6 Å². The number of amides is 2. The number of ether oxygens (including phenoxy) is 2. The SMILES string of the molecule is CC[C@@H]1C[C@]1(CC(=O)[C@@H]1C[C@@H](Oc2cc(CCC(F)(F)F)nc3c(Cl)cccc23)CN1C(=O)[C@@H](CC(=O)OC(C)(C)C(F)(F)F)C(C)(C)C)C(=O)NS(=O)(=O)OC1CC1. The molecule has 2 aromatic rings. The number of likely N-dealkylation sites (tertiary alicyclic amines) is 1. The highest BCUT2D eigenvalue weighted by atomic mass is 35.5. The number of nitrogens with zero attached hydrogens (tertiary/aromatic N) is 2. The van der Waals surface area contributed by atoms with Crippen molar-refractivity contribution in [2.75, 3.05) is 6.54 Å². The number of ketones is 1. The number of rotatable bonds is 16. The van der Waals surface area contributed by atoms with Crippen molar-refractivity contribution >= 4 is 56.4 Å². The molecule has 5 atom stereocenters. The maximum absolute atomic E-state index is 14.6. The number of para-hydroxylation sites is 1. The van der Waals surface area contributed by atoms with Gasteiger partial charge in [0.05, 0.1) is 47.0 Å². The molecule has 12 nitrogen and oxygen atoms in total. The number of aromatic nitrogens is 1. The van der Waals surface area contributed by atoms with Gasteiger partial charge in [-0.2, -0.15) is 34.8 Å². The Kier molecular flexibility index (Phi) is 13.1. The fourth-order valence-electron chi connectivity index (χ4n) is 7.36. The van der Waals surface area contributed by atoms with E-state index in [4.69, 9.17) is 25.3 Å². The van der Waals surface area contributed by atoms with E-state index in [9.17, 15) is 53.9 Å². The van der Waals surface area contributed by atoms with Crippen LogP contribution in [0.3, 0.4) is 0 Å². The third-order valence-electron chi connectivity index (χ3n) is 11.1. The summed E-state index contributed by atoms with van der Waals surface area (Å²) in [6.07, 6.45) is -12.7. The van der Waals surface area contributed by atoms with Crippen LogP contribution in [-0.2, 0) is 44.8 Å². The number of aryl methyl sites for hydroxylation is 1. The first-order valence-corrected chi connectivity index (χ1v) is 21.0. The molecule has 3 fully saturated rings. The zero-order valence-electron chi connectivity index (χ0n) is 33.4. The summed E-state index contributed by atoms with van der Waals surface area (Å²) in [6, 6.07) is 4.59. The number of carbonyl (C=O) groups is 4. The number of hydrogen-bond donors (Lipinski definition) is 1. The molecule has 1 saturated heterocycles. The molecule has 2 aliphatic carbocycles. The van der Waals surface area contributed by atoms with Crippen molar-refractivity contribution < 1.29 is 67.6 Å². The van der Waals surface area contributed by atoms with Gasteiger partial charge in [-0.15, -0.1) is 0 Å². The zero-order valence-corrected chi connectivity index (χ0v) is 35.0. The van der Waals surface area contributed by atoms with Gasteiger partial charge in [0.2, 0.25) is 17.4 Å². The molecule has 1 aromatic heterocycles. The Labute approximate surface area is 343 Å². The summed E-state index contributed by atoms with van der Waals surface area (Å²) in [6.45, 7) is 7.49. The number of alkyl halides is 6. The average Bonchev–Trinajstić information content (AvgIpc) is 4.00. The Hall–Kier alpha value is -3.71. The fraction of sp³-hybridized carbons (Fsp3) is 0.667. The molecule has 59 heavy (non-hydrogen) atoms. The second kappa shape index (κ2) is 16.6. The van der Waals surface area contributed by atoms with Gasteiger partial charge in [0.25, 0.3) is 0 Å². The lowest BCUT2D eigenvalue weighted by atomic mass is 9.77. The number of hydrogen-bond acceptors (Lipinski definition) is 10. The van der Waals surface area contributed by atoms with Gasteiger partial charge in [0.1, 0.15) is 11.9 Å². The number of benzene rings is 1. The Morgan fingerprint density at radius 3 is 2.25 bits per heavy atom. The normalized spacial score (nSPS) is 23.2. The highest BCUT2D eigenvalue weighted by molar-refractivity contribution is 7.85. The molecule has 2 heterocycles. The molecule has 1 N–H and O–H groups in total. The van der Waals surface area contributed by atoms with Crippen molar-refractivity contribution in [3.63, 3.8) is 0 Å². The van der Waals surface area contributed by atoms with Crippen LogP contribution in [0.4, 0.5) is 26.3 Å². The molecule has 328 valence electrons. The van der Waals surface area contributed by atoms with Crippen molar-refractivity contribution in [2.45, 2.75) is 136 Å². The first-order chi connectivity index (χ1) is 27.1. The molecule has 3 aliphatic rings. The van der Waals surface area contributed by atoms with Crippen LogP contribution < -0.4 is 9.46 Å². The molecule has 0 radical (unpaired) electrons. The fourth-order valence-corrected chi connectivity index (χ4v) is 8.60. The van der Waals surface area contributed by atoms with Gasteiger partial charge >= 0.3 is 28.6 Å². The zero-order chi connectivity index (χ0) is 44.1. The highest BCUT2D eigenvalue weighted by Crippen LogP contribution is 2.58. The van der Waals surface area contributed by atoms with E-state index in [1.807, 2.05) is 4.72 Å². The summed E-state index contributed by atoms with van der Waals surface area (Å²) in [5.74, 6) is -5.43. The lowest BCUT2D eigenvalue weighted by Crippen LogP contribution is -2.49. The molecule has 1 aliphatic heterocycles. The van der Waals surface area contributed by atoms with Gasteiger partial charge in [-0.05, 0) is 63.0 Å². The number of esters is 1. The Morgan fingerprint density at radius 2 is 1.69 bits per heavy atom. The lowest BCUT2D eigenvalue weighted by molar-refractivity contribution is -0.257. The molecule has 0 unspecified atom stereocenters. The Morgan fingerprint density at radius 1 is 1.03 bits per heavy atom. The Bertz CT molecular complexity index is 2070. The van der Waals surface area contributed by atoms with Gasteiger partial charge < -0.3 is 14.4 Å². The van der Waals surface area contributed by atoms with Crippen molar-refractivity contribution in [1.29, 1.82) is 0 Å². The number of pyridine rings is 1. The van der Waals surface area contributed by atoms with E-state index in [0.717, 1.165) is 4.90 Å². The maximum atomic E-state index is 14.6. The van der Waals surface area contributed by atoms with Crippen LogP contribution in [0.25, 0.3) is 10.9 Å². The van der Waals surface area contributed by atoms with E-state index in [2.05, 4.69) is 4.98 Å². The summed E-state index contributed by atoms with van der Waals surface area (Å²) in [7, 11) is -4.50. The van der Waals surface area contributed by atoms with E-state index in [-0.39, 0.29) is 41.4 Å². The van der Waals surface area contributed by atoms with E-state index >= 15 is 0 Å². The standard InChI is InChI=1S/C39H48ClF6N3O9S/c1-7-21-18-37(21,34(53)48-59(54,55)58-23-11-12-23)19-29(50)28-16-24(56-30-15-22(13-14-38(41,42)43)47-32-25(30)9-8-10-27(32)40)20-49(28)33(52)26(35(2,3)4)17-31(51)57-36(5,6)39(44,45)46/h8-10,15,21,23-24,26,28H,7,11-14,16-20H2,1-6H3,(H,48,53)/t21-,24-,26-,28+,37-/m1/s1. The minimum absolute atomic E-state index is 0.00233. The van der Waals surface area contributed by atoms with Gasteiger partial charge in [0.15, 0.2) is 5.78 Å². The number of Topliss-reactive ketones (excluding diaryl/α,β-unsaturated/α-hetero) is 1. The molecule has 20 heteroatoms. The monoisotopic (exact) mass is 883 g/mol. The molecule has 0 bridgehead atoms. The first-order valence-electron chi connectivity index (χ1n) is 19.2. The first kappa shape index (κ1) is 46.4. The second-order valence-corrected chi connectivity index (χ2v) is 19.0. The van der Waals surface area contributed by atoms with Gasteiger partial charge in [-0.25, -0.2) is 4.72 Å². The summed E-state index contributed by atoms with van der Waals surface area (Å²) < 4.78 is 124. The minimum Gasteiger partial charge on any atom is -0.488 e. The van der Waals surface area contributed by atoms with Crippen molar-refractivity contribution in [2.24, 2.45) is 22.7 Å². The topological polar surface area (TPSA) is 158 Å². The summed E-state index contributed by atoms with van der Waals surface area (Å²) in [4.78, 5) is 61.1. The highest BCUT2D eigenvalue weighted by Gasteiger charge is 2.62. The average molecular weight is 884 g/mol. The summed E-state index contributed by atoms with van der Waals surface area (Å²) >= 11 is 6.39. The van der Waals surface area contributed by atoms with Gasteiger partial charge in [0, 0.05) is 36.4 Å². The minimum atomic E-state index is -4.93. The third-order valence-corrected chi connectivity index (χ3v) is 12.4. The Balaban J connectivity index is 1.48. The van der Waals surface area contributed by atoms with E-state index in [0.29, 0.717) is 38.5 Å². The van der Waals surface area contributed by atoms with Crippen molar-refractivity contribution in [1.82, 2.24) is 14.6 Å². The molecule has 0 spiro atoms. The van der Waals surface area contributed by atoms with Crippen LogP contribution >= 0.6 is 11.6 Å². The number of carbonyl (C=O) groups excluding carboxylic acids is 4. The largest absolute Gasteiger partial charge is 0.488 e. The molecule has 5 rings (SSSR count). The molecular weight excluding hydrogens is 836 g/mol. The quantitative estimate of drug-likeness (QED) is 0.132. The van der Waals surface area contributed by atoms with Crippen molar-refractivity contribution in [3.8, 4) is 5.75 Å². The predicted octanol–water partition coefficient (Wildman–Crippen LogP) is 7.58. The summed E-state index contributed by atoms with van der Waals surface area (Å²) in [5.41, 5.74) is -5.30. The van der Waals surface area contributed by atoms with Gasteiger partial charge in [-0.1, -0.05) is 51.8 Å². The maximum Gasteiger partial charge on any atom is 0.427 e. The second-order valence-electron chi connectivity index (χ2n) is 17.2. The molecular formula is C39H48ClF6N3O9S. The number of halogens is 7. The van der Waals surface area contributed by atoms with E-state index < -0.39 is 118 Å². The van der Waals surface area contributed by atoms with E-state index in [1.54, 1.807) is 39.8 Å².